The van der Waals surface area contributed by atoms with Gasteiger partial charge in [-0.1, -0.05) is 31.4 Å². The maximum Gasteiger partial charge on any atom is 0.211 e. The molecule has 0 radical (unpaired) electrons. The second-order valence-electron chi connectivity index (χ2n) is 8.27. The van der Waals surface area contributed by atoms with Crippen molar-refractivity contribution < 1.29 is 9.13 Å². The molecule has 0 spiro atoms. The number of nitrogens with zero attached hydrogens (tertiary/aromatic N) is 4. The van der Waals surface area contributed by atoms with Crippen LogP contribution in [0, 0.1) is 34.5 Å². The lowest BCUT2D eigenvalue weighted by molar-refractivity contribution is 0.0723. The highest BCUT2D eigenvalue weighted by Crippen LogP contribution is 2.40. The van der Waals surface area contributed by atoms with Crippen molar-refractivity contribution in [1.82, 2.24) is 10.3 Å². The molecule has 0 amide bonds. The van der Waals surface area contributed by atoms with E-state index in [0.29, 0.717) is 29.2 Å². The lowest BCUT2D eigenvalue weighted by Gasteiger charge is -2.26. The number of hydrogen-bond acceptors (Lipinski definition) is 9. The third kappa shape index (κ3) is 4.66. The summed E-state index contributed by atoms with van der Waals surface area (Å²) in [5.74, 6) is 0.442. The topological polar surface area (TPSA) is 158 Å². The van der Waals surface area contributed by atoms with Crippen molar-refractivity contribution in [3.8, 4) is 12.3 Å². The number of benzene rings is 1. The number of nitrogens with one attached hydrogen (secondary N) is 2. The molecular formula is C23H25FN8O. The Labute approximate surface area is 191 Å². The Balaban J connectivity index is 1.60. The summed E-state index contributed by atoms with van der Waals surface area (Å²) in [6.45, 7) is 0.825. The van der Waals surface area contributed by atoms with Crippen LogP contribution in [0.5, 0.6) is 0 Å². The fraction of sp³-hybridized carbons (Fsp3) is 0.391. The van der Waals surface area contributed by atoms with Gasteiger partial charge in [-0.2, -0.15) is 10.5 Å². The van der Waals surface area contributed by atoms with E-state index in [2.05, 4.69) is 20.6 Å². The molecule has 1 saturated carbocycles. The van der Waals surface area contributed by atoms with Gasteiger partial charge >= 0.3 is 0 Å². The Kier molecular flexibility index (Phi) is 6.57. The summed E-state index contributed by atoms with van der Waals surface area (Å²) in [7, 11) is 0. The average molecular weight is 449 g/mol. The molecule has 1 atom stereocenters. The largest absolute Gasteiger partial charge is 0.397 e. The zero-order valence-corrected chi connectivity index (χ0v) is 18.1. The number of ether oxygens (including phenoxy) is 1. The number of anilines is 3. The van der Waals surface area contributed by atoms with Crippen molar-refractivity contribution in [3.63, 3.8) is 0 Å². The summed E-state index contributed by atoms with van der Waals surface area (Å²) >= 11 is 0. The van der Waals surface area contributed by atoms with Crippen LogP contribution in [0.3, 0.4) is 0 Å². The number of guanidine groups is 1. The molecule has 0 bridgehead atoms. The second kappa shape index (κ2) is 9.72. The molecule has 1 unspecified atom stereocenters. The number of nitriles is 2. The van der Waals surface area contributed by atoms with Crippen molar-refractivity contribution in [2.24, 2.45) is 10.9 Å². The van der Waals surface area contributed by atoms with Crippen LogP contribution in [0.4, 0.5) is 21.7 Å². The average Bonchev–Trinajstić information content (AvgIpc) is 2.80. The highest BCUT2D eigenvalue weighted by atomic mass is 19.1. The van der Waals surface area contributed by atoms with Gasteiger partial charge in [0.15, 0.2) is 6.19 Å². The molecule has 1 aromatic heterocycles. The Morgan fingerprint density at radius 2 is 2.00 bits per heavy atom. The SMILES string of the molecule is N#CNC1=NC(c2ccc(COCC3CCCCC3)c(F)c2)c2c(nc(N)c(C#N)c2N)N1. The smallest absolute Gasteiger partial charge is 0.211 e. The van der Waals surface area contributed by atoms with Gasteiger partial charge in [0.25, 0.3) is 0 Å². The van der Waals surface area contributed by atoms with Crippen molar-refractivity contribution in [1.29, 1.82) is 10.5 Å². The van der Waals surface area contributed by atoms with E-state index in [9.17, 15) is 9.65 Å². The number of nitrogen functional groups attached to an aromatic ring is 2. The van der Waals surface area contributed by atoms with Crippen LogP contribution in [0.25, 0.3) is 0 Å². The summed E-state index contributed by atoms with van der Waals surface area (Å²) in [5, 5.41) is 23.7. The third-order valence-corrected chi connectivity index (χ3v) is 6.09. The number of nitrogens with two attached hydrogens (primary N) is 2. The Morgan fingerprint density at radius 3 is 2.70 bits per heavy atom. The predicted molar refractivity (Wildman–Crippen MR) is 122 cm³/mol. The zero-order valence-electron chi connectivity index (χ0n) is 18.1. The van der Waals surface area contributed by atoms with Gasteiger partial charge in [0.1, 0.15) is 35.1 Å². The molecule has 10 heteroatoms. The zero-order chi connectivity index (χ0) is 23.4. The van der Waals surface area contributed by atoms with Crippen LogP contribution in [-0.2, 0) is 11.3 Å². The number of fused-ring (bicyclic) bond motifs is 1. The normalized spacial score (nSPS) is 17.8. The molecule has 2 aromatic rings. The van der Waals surface area contributed by atoms with Gasteiger partial charge in [-0.25, -0.2) is 14.4 Å². The van der Waals surface area contributed by atoms with E-state index in [1.807, 2.05) is 6.07 Å². The molecule has 9 nitrogen and oxygen atoms in total. The van der Waals surface area contributed by atoms with E-state index < -0.39 is 11.9 Å². The lowest BCUT2D eigenvalue weighted by atomic mass is 9.90. The number of hydrogen-bond donors (Lipinski definition) is 4. The molecule has 1 aromatic carbocycles. The quantitative estimate of drug-likeness (QED) is 0.401. The molecule has 170 valence electrons. The molecule has 1 fully saturated rings. The van der Waals surface area contributed by atoms with E-state index in [-0.39, 0.29) is 35.5 Å². The van der Waals surface area contributed by atoms with Gasteiger partial charge in [0, 0.05) is 17.7 Å². The van der Waals surface area contributed by atoms with E-state index in [1.165, 1.54) is 25.3 Å². The predicted octanol–water partition coefficient (Wildman–Crippen LogP) is 3.30. The first kappa shape index (κ1) is 22.3. The molecular weight excluding hydrogens is 423 g/mol. The van der Waals surface area contributed by atoms with Crippen LogP contribution < -0.4 is 22.1 Å². The summed E-state index contributed by atoms with van der Waals surface area (Å²) in [6, 6.07) is 5.92. The first-order chi connectivity index (χ1) is 16.0. The van der Waals surface area contributed by atoms with Gasteiger partial charge in [0.2, 0.25) is 5.96 Å². The molecule has 2 aliphatic rings. The van der Waals surface area contributed by atoms with Crippen LogP contribution >= 0.6 is 0 Å². The molecule has 1 aliphatic heterocycles. The van der Waals surface area contributed by atoms with Crippen molar-refractivity contribution in [3.05, 3.63) is 46.3 Å². The molecule has 1 aliphatic carbocycles. The summed E-state index contributed by atoms with van der Waals surface area (Å²) in [6.07, 6.45) is 7.86. The van der Waals surface area contributed by atoms with E-state index >= 15 is 0 Å². The van der Waals surface area contributed by atoms with Gasteiger partial charge < -0.3 is 21.5 Å². The lowest BCUT2D eigenvalue weighted by Crippen LogP contribution is -2.32. The van der Waals surface area contributed by atoms with E-state index in [1.54, 1.807) is 18.3 Å². The first-order valence-electron chi connectivity index (χ1n) is 10.9. The van der Waals surface area contributed by atoms with Gasteiger partial charge in [-0.05, 0) is 30.4 Å². The van der Waals surface area contributed by atoms with Crippen molar-refractivity contribution in [2.45, 2.75) is 44.8 Å². The fourth-order valence-electron chi connectivity index (χ4n) is 4.36. The Bertz CT molecular complexity index is 1160. The summed E-state index contributed by atoms with van der Waals surface area (Å²) in [4.78, 5) is 8.65. The monoisotopic (exact) mass is 448 g/mol. The van der Waals surface area contributed by atoms with Crippen LogP contribution in [0.15, 0.2) is 23.2 Å². The van der Waals surface area contributed by atoms with E-state index in [4.69, 9.17) is 21.5 Å². The molecule has 6 N–H and O–H groups in total. The summed E-state index contributed by atoms with van der Waals surface area (Å²) in [5.41, 5.74) is 13.5. The maximum absolute atomic E-state index is 15.0. The highest BCUT2D eigenvalue weighted by molar-refractivity contribution is 5.98. The minimum Gasteiger partial charge on any atom is -0.397 e. The van der Waals surface area contributed by atoms with Gasteiger partial charge in [-0.3, -0.25) is 5.32 Å². The van der Waals surface area contributed by atoms with Crippen molar-refractivity contribution >= 4 is 23.3 Å². The number of rotatable bonds is 5. The number of aliphatic imine (C=N–C) groups is 1. The third-order valence-electron chi connectivity index (χ3n) is 6.09. The molecule has 0 saturated heterocycles. The van der Waals surface area contributed by atoms with Crippen LogP contribution in [-0.4, -0.2) is 17.6 Å². The van der Waals surface area contributed by atoms with Gasteiger partial charge in [-0.15, -0.1) is 0 Å². The second-order valence-corrected chi connectivity index (χ2v) is 8.27. The van der Waals surface area contributed by atoms with Crippen molar-refractivity contribution in [2.75, 3.05) is 23.4 Å². The van der Waals surface area contributed by atoms with Crippen LogP contribution in [0.1, 0.15) is 60.4 Å². The minimum absolute atomic E-state index is 0.0284. The maximum atomic E-state index is 15.0. The summed E-state index contributed by atoms with van der Waals surface area (Å²) < 4.78 is 20.8. The first-order valence-corrected chi connectivity index (χ1v) is 10.9. The highest BCUT2D eigenvalue weighted by Gasteiger charge is 2.30. The van der Waals surface area contributed by atoms with Crippen LogP contribution in [0.2, 0.25) is 0 Å². The molecule has 2 heterocycles. The fourth-order valence-corrected chi connectivity index (χ4v) is 4.36. The molecule has 33 heavy (non-hydrogen) atoms. The Hall–Kier alpha value is -3.89. The number of pyridine rings is 1. The van der Waals surface area contributed by atoms with E-state index in [0.717, 1.165) is 12.8 Å². The minimum atomic E-state index is -0.788. The Morgan fingerprint density at radius 1 is 1.21 bits per heavy atom. The number of halogens is 1. The van der Waals surface area contributed by atoms with Gasteiger partial charge in [0.05, 0.1) is 12.3 Å². The standard InChI is InChI=1S/C23H25FN8O/c24-17-8-14(6-7-15(17)11-33-10-13-4-2-1-3-5-13)20-18-19(27)16(9-25)21(28)31-22(18)32-23(30-20)29-12-26/h6-8,13,20H,1-5,10-11H2,(H6,27,28,29,30,31,32). The number of aromatic nitrogens is 1. The molecule has 4 rings (SSSR count).